The van der Waals surface area contributed by atoms with Crippen molar-refractivity contribution in [3.63, 3.8) is 0 Å². The molecule has 1 atom stereocenters. The Morgan fingerprint density at radius 1 is 1.09 bits per heavy atom. The minimum Gasteiger partial charge on any atom is -0.481 e. The highest BCUT2D eigenvalue weighted by Crippen LogP contribution is 2.36. The van der Waals surface area contributed by atoms with Crippen LogP contribution in [0.3, 0.4) is 0 Å². The highest BCUT2D eigenvalue weighted by Gasteiger charge is 2.40. The van der Waals surface area contributed by atoms with Crippen molar-refractivity contribution >= 4 is 11.7 Å². The van der Waals surface area contributed by atoms with E-state index in [2.05, 4.69) is 4.98 Å². The van der Waals surface area contributed by atoms with Crippen LogP contribution in [0.5, 0.6) is 5.88 Å². The minimum atomic E-state index is -1.15. The number of fused-ring (bicyclic) bond motifs is 1. The number of nitrogens with zero attached hydrogens (tertiary/aromatic N) is 5. The predicted octanol–water partition coefficient (Wildman–Crippen LogP) is 2.25. The molecule has 2 aromatic heterocycles. The number of ether oxygens (including phenoxy) is 1. The number of methoxy groups -OCH3 is 1. The van der Waals surface area contributed by atoms with Crippen molar-refractivity contribution in [1.82, 2.24) is 19.4 Å². The summed E-state index contributed by atoms with van der Waals surface area (Å²) in [6.45, 7) is 4.83. The van der Waals surface area contributed by atoms with Gasteiger partial charge in [-0.3, -0.25) is 9.69 Å². The van der Waals surface area contributed by atoms with Gasteiger partial charge >= 0.3 is 0 Å². The average Bonchev–Trinajstić information content (AvgIpc) is 3.18. The molecule has 4 rings (SSSR count). The smallest absolute Gasteiger partial charge is 0.277 e. The van der Waals surface area contributed by atoms with Gasteiger partial charge in [-0.1, -0.05) is 30.3 Å². The van der Waals surface area contributed by atoms with Gasteiger partial charge in [-0.05, 0) is 31.9 Å². The lowest BCUT2D eigenvalue weighted by Crippen LogP contribution is -2.56. The van der Waals surface area contributed by atoms with Crippen molar-refractivity contribution in [3.8, 4) is 17.3 Å². The van der Waals surface area contributed by atoms with Gasteiger partial charge in [0.15, 0.2) is 11.5 Å². The zero-order valence-corrected chi connectivity index (χ0v) is 19.1. The van der Waals surface area contributed by atoms with Crippen molar-refractivity contribution in [3.05, 3.63) is 59.4 Å². The molecule has 174 valence electrons. The number of anilines is 1. The fourth-order valence-electron chi connectivity index (χ4n) is 4.15. The molecule has 0 saturated carbocycles. The summed E-state index contributed by atoms with van der Waals surface area (Å²) in [4.78, 5) is 26.0. The molecule has 0 spiro atoms. The van der Waals surface area contributed by atoms with Gasteiger partial charge in [0.2, 0.25) is 12.2 Å². The standard InChI is InChI=1S/C24H29N5O4/c1-4-27-22-20(23(31)28(24(27)32)13-8-14-30)29(15-17-9-6-5-7-10-17)21(26-22)18-11-12-19(33-3)25-16(18)2/h5-7,9-12,24,30,32H,4,8,13-15H2,1-3H3. The number of hydrogen-bond acceptors (Lipinski definition) is 7. The molecule has 1 aliphatic rings. The second-order valence-corrected chi connectivity index (χ2v) is 7.87. The first kappa shape index (κ1) is 22.8. The number of benzene rings is 1. The Labute approximate surface area is 192 Å². The van der Waals surface area contributed by atoms with E-state index < -0.39 is 6.35 Å². The monoisotopic (exact) mass is 451 g/mol. The lowest BCUT2D eigenvalue weighted by molar-refractivity contribution is -0.00103. The Balaban J connectivity index is 1.91. The van der Waals surface area contributed by atoms with Gasteiger partial charge in [-0.25, -0.2) is 9.97 Å². The van der Waals surface area contributed by atoms with Crippen LogP contribution in [0.15, 0.2) is 42.5 Å². The molecule has 0 bridgehead atoms. The quantitative estimate of drug-likeness (QED) is 0.541. The number of aromatic nitrogens is 3. The molecule has 3 aromatic rings. The number of rotatable bonds is 8. The van der Waals surface area contributed by atoms with Crippen LogP contribution in [0.4, 0.5) is 5.82 Å². The number of aliphatic hydroxyl groups excluding tert-OH is 2. The number of carbonyl (C=O) groups is 1. The average molecular weight is 452 g/mol. The summed E-state index contributed by atoms with van der Waals surface area (Å²) in [7, 11) is 1.57. The Morgan fingerprint density at radius 3 is 2.48 bits per heavy atom. The topological polar surface area (TPSA) is 104 Å². The van der Waals surface area contributed by atoms with Crippen molar-refractivity contribution in [1.29, 1.82) is 0 Å². The van der Waals surface area contributed by atoms with Crippen LogP contribution in [0.2, 0.25) is 0 Å². The first-order valence-electron chi connectivity index (χ1n) is 11.0. The molecule has 1 aliphatic heterocycles. The Morgan fingerprint density at radius 2 is 1.85 bits per heavy atom. The van der Waals surface area contributed by atoms with E-state index >= 15 is 0 Å². The van der Waals surface area contributed by atoms with E-state index in [4.69, 9.17) is 9.72 Å². The largest absolute Gasteiger partial charge is 0.481 e. The summed E-state index contributed by atoms with van der Waals surface area (Å²) in [5, 5.41) is 20.2. The molecule has 1 aromatic carbocycles. The first-order valence-corrected chi connectivity index (χ1v) is 11.0. The van der Waals surface area contributed by atoms with Crippen molar-refractivity contribution in [2.75, 3.05) is 31.7 Å². The van der Waals surface area contributed by atoms with Crippen LogP contribution in [-0.2, 0) is 6.54 Å². The number of aliphatic hydroxyl groups is 2. The maximum Gasteiger partial charge on any atom is 0.277 e. The number of aryl methyl sites for hydroxylation is 1. The number of pyridine rings is 1. The Bertz CT molecular complexity index is 1130. The van der Waals surface area contributed by atoms with Crippen molar-refractivity contribution in [2.45, 2.75) is 33.2 Å². The Kier molecular flexibility index (Phi) is 6.62. The molecule has 0 aliphatic carbocycles. The number of hydrogen-bond donors (Lipinski definition) is 2. The van der Waals surface area contributed by atoms with Gasteiger partial charge < -0.3 is 24.4 Å². The van der Waals surface area contributed by atoms with E-state index in [1.54, 1.807) is 18.1 Å². The lowest BCUT2D eigenvalue weighted by atomic mass is 10.1. The van der Waals surface area contributed by atoms with Gasteiger partial charge in [0.1, 0.15) is 5.82 Å². The van der Waals surface area contributed by atoms with E-state index in [1.165, 1.54) is 4.90 Å². The van der Waals surface area contributed by atoms with Crippen LogP contribution in [0, 0.1) is 6.92 Å². The van der Waals surface area contributed by atoms with E-state index in [1.807, 2.05) is 54.8 Å². The summed E-state index contributed by atoms with van der Waals surface area (Å²) >= 11 is 0. The second kappa shape index (κ2) is 9.60. The van der Waals surface area contributed by atoms with E-state index in [9.17, 15) is 15.0 Å². The summed E-state index contributed by atoms with van der Waals surface area (Å²) in [5.74, 6) is 1.22. The third-order valence-electron chi connectivity index (χ3n) is 5.83. The normalized spacial score (nSPS) is 15.7. The van der Waals surface area contributed by atoms with Gasteiger partial charge in [-0.2, -0.15) is 0 Å². The lowest BCUT2D eigenvalue weighted by Gasteiger charge is -2.40. The zero-order valence-electron chi connectivity index (χ0n) is 19.1. The minimum absolute atomic E-state index is 0.0687. The summed E-state index contributed by atoms with van der Waals surface area (Å²) in [5.41, 5.74) is 2.93. The molecule has 0 fully saturated rings. The van der Waals surface area contributed by atoms with Gasteiger partial charge in [0.25, 0.3) is 5.91 Å². The highest BCUT2D eigenvalue weighted by atomic mass is 16.5. The van der Waals surface area contributed by atoms with Crippen LogP contribution >= 0.6 is 0 Å². The molecule has 0 radical (unpaired) electrons. The van der Waals surface area contributed by atoms with Gasteiger partial charge in [0.05, 0.1) is 12.8 Å². The molecule has 9 heteroatoms. The molecule has 9 nitrogen and oxygen atoms in total. The maximum atomic E-state index is 13.6. The number of carbonyl (C=O) groups excluding carboxylic acids is 1. The molecule has 1 unspecified atom stereocenters. The van der Waals surface area contributed by atoms with Crippen LogP contribution in [-0.4, -0.2) is 68.7 Å². The van der Waals surface area contributed by atoms with Crippen LogP contribution < -0.4 is 9.64 Å². The third-order valence-corrected chi connectivity index (χ3v) is 5.83. The van der Waals surface area contributed by atoms with E-state index in [0.717, 1.165) is 16.8 Å². The molecule has 33 heavy (non-hydrogen) atoms. The highest BCUT2D eigenvalue weighted by molar-refractivity contribution is 6.00. The summed E-state index contributed by atoms with van der Waals surface area (Å²) in [6.07, 6.45) is -0.777. The molecular formula is C24H29N5O4. The maximum absolute atomic E-state index is 13.6. The van der Waals surface area contributed by atoms with E-state index in [0.29, 0.717) is 42.7 Å². The zero-order chi connectivity index (χ0) is 23.5. The molecule has 2 N–H and O–H groups in total. The fraction of sp³-hybridized carbons (Fsp3) is 0.375. The SMILES string of the molecule is CCN1c2nc(-c3ccc(OC)nc3C)n(Cc3ccccc3)c2C(=O)N(CCCO)C1O. The number of amides is 1. The van der Waals surface area contributed by atoms with Gasteiger partial charge in [0, 0.05) is 37.9 Å². The van der Waals surface area contributed by atoms with Crippen LogP contribution in [0.1, 0.15) is 35.1 Å². The molecule has 3 heterocycles. The van der Waals surface area contributed by atoms with Crippen molar-refractivity contribution < 1.29 is 19.7 Å². The predicted molar refractivity (Wildman–Crippen MR) is 124 cm³/mol. The van der Waals surface area contributed by atoms with Gasteiger partial charge in [-0.15, -0.1) is 0 Å². The second-order valence-electron chi connectivity index (χ2n) is 7.87. The van der Waals surface area contributed by atoms with Crippen molar-refractivity contribution in [2.24, 2.45) is 0 Å². The summed E-state index contributed by atoms with van der Waals surface area (Å²) < 4.78 is 7.14. The molecular weight excluding hydrogens is 422 g/mol. The summed E-state index contributed by atoms with van der Waals surface area (Å²) in [6, 6.07) is 13.5. The van der Waals surface area contributed by atoms with E-state index in [-0.39, 0.29) is 19.1 Å². The fourth-order valence-corrected chi connectivity index (χ4v) is 4.15. The first-order chi connectivity index (χ1) is 16.0. The van der Waals surface area contributed by atoms with Crippen LogP contribution in [0.25, 0.3) is 11.4 Å². The molecule has 1 amide bonds. The molecule has 0 saturated heterocycles. The number of imidazole rings is 1. The third kappa shape index (κ3) is 4.17. The Hall–Kier alpha value is -3.43.